The lowest BCUT2D eigenvalue weighted by Crippen LogP contribution is -2.18. The zero-order valence-electron chi connectivity index (χ0n) is 18.6. The highest BCUT2D eigenvalue weighted by Gasteiger charge is 2.27. The Hall–Kier alpha value is -3.76. The Kier molecular flexibility index (Phi) is 7.74. The maximum atomic E-state index is 13.9. The normalized spacial score (nSPS) is 14.9. The van der Waals surface area contributed by atoms with E-state index in [0.29, 0.717) is 24.3 Å². The van der Waals surface area contributed by atoms with Crippen molar-refractivity contribution in [3.05, 3.63) is 77.9 Å². The molecule has 2 aromatic carbocycles. The molecule has 35 heavy (non-hydrogen) atoms. The van der Waals surface area contributed by atoms with E-state index in [1.807, 2.05) is 6.07 Å². The summed E-state index contributed by atoms with van der Waals surface area (Å²) in [7, 11) is 0. The van der Waals surface area contributed by atoms with E-state index in [1.54, 1.807) is 36.4 Å². The summed E-state index contributed by atoms with van der Waals surface area (Å²) in [5.74, 6) is -1.51. The molecule has 2 amide bonds. The average molecular weight is 495 g/mol. The quantitative estimate of drug-likeness (QED) is 0.409. The molecule has 2 heterocycles. The predicted octanol–water partition coefficient (Wildman–Crippen LogP) is 3.59. The number of esters is 1. The van der Waals surface area contributed by atoms with Crippen molar-refractivity contribution >= 4 is 40.9 Å². The largest absolute Gasteiger partial charge is 0.465 e. The Morgan fingerprint density at radius 3 is 2.77 bits per heavy atom. The molecule has 0 aliphatic carbocycles. The minimum Gasteiger partial charge on any atom is -0.465 e. The van der Waals surface area contributed by atoms with Gasteiger partial charge in [0.05, 0.1) is 24.2 Å². The summed E-state index contributed by atoms with van der Waals surface area (Å²) in [6.07, 6.45) is 3.02. The van der Waals surface area contributed by atoms with Crippen LogP contribution in [0, 0.1) is 5.82 Å². The zero-order chi connectivity index (χ0) is 24.8. The Labute approximate surface area is 205 Å². The van der Waals surface area contributed by atoms with Crippen LogP contribution in [-0.4, -0.2) is 40.4 Å². The highest BCUT2D eigenvalue weighted by molar-refractivity contribution is 8.01. The zero-order valence-corrected chi connectivity index (χ0v) is 19.4. The SMILES string of the molecule is NCc1ccc(C(=O)Nc2ccncc2F)cc1-c1cccc(NC(=O)CS[C@H]2CCOC2=O)c1. The Morgan fingerprint density at radius 2 is 2.03 bits per heavy atom. The van der Waals surface area contributed by atoms with Gasteiger partial charge in [-0.05, 0) is 47.0 Å². The van der Waals surface area contributed by atoms with E-state index in [1.165, 1.54) is 24.0 Å². The third-order valence-electron chi connectivity index (χ3n) is 5.37. The summed E-state index contributed by atoms with van der Waals surface area (Å²) >= 11 is 1.25. The van der Waals surface area contributed by atoms with Gasteiger partial charge in [0.25, 0.3) is 5.91 Å². The predicted molar refractivity (Wildman–Crippen MR) is 132 cm³/mol. The molecule has 10 heteroatoms. The van der Waals surface area contributed by atoms with Gasteiger partial charge in [-0.15, -0.1) is 11.8 Å². The number of thioether (sulfide) groups is 1. The van der Waals surface area contributed by atoms with Crippen LogP contribution in [0.25, 0.3) is 11.1 Å². The molecule has 0 saturated carbocycles. The Balaban J connectivity index is 1.50. The first-order valence-corrected chi connectivity index (χ1v) is 11.9. The van der Waals surface area contributed by atoms with Gasteiger partial charge in [-0.2, -0.15) is 0 Å². The number of anilines is 2. The van der Waals surface area contributed by atoms with E-state index in [0.717, 1.165) is 22.9 Å². The van der Waals surface area contributed by atoms with Gasteiger partial charge in [-0.25, -0.2) is 4.39 Å². The van der Waals surface area contributed by atoms with Gasteiger partial charge in [0.1, 0.15) is 5.25 Å². The van der Waals surface area contributed by atoms with Crippen LogP contribution in [0.1, 0.15) is 22.3 Å². The lowest BCUT2D eigenvalue weighted by Gasteiger charge is -2.13. The lowest BCUT2D eigenvalue weighted by atomic mass is 9.96. The number of ether oxygens (including phenoxy) is 1. The number of amides is 2. The number of rotatable bonds is 8. The standard InChI is InChI=1S/C25H23FN4O4S/c26-20-13-28-8-6-21(20)30-24(32)16-4-5-17(12-27)19(11-16)15-2-1-3-18(10-15)29-23(31)14-35-22-7-9-34-25(22)33/h1-6,8,10-11,13,22H,7,9,12,14,27H2,(H,29,31)(H,28,30,32)/t22-/m0/s1. The summed E-state index contributed by atoms with van der Waals surface area (Å²) in [5, 5.41) is 5.07. The monoisotopic (exact) mass is 494 g/mol. The molecule has 1 aliphatic heterocycles. The molecular weight excluding hydrogens is 471 g/mol. The van der Waals surface area contributed by atoms with Crippen LogP contribution in [0.3, 0.4) is 0 Å². The molecule has 8 nitrogen and oxygen atoms in total. The van der Waals surface area contributed by atoms with Gasteiger partial charge >= 0.3 is 5.97 Å². The van der Waals surface area contributed by atoms with E-state index in [9.17, 15) is 18.8 Å². The number of nitrogens with one attached hydrogen (secondary N) is 2. The maximum Gasteiger partial charge on any atom is 0.319 e. The van der Waals surface area contributed by atoms with Gasteiger partial charge in [0.2, 0.25) is 5.91 Å². The molecule has 1 atom stereocenters. The smallest absolute Gasteiger partial charge is 0.319 e. The number of halogens is 1. The maximum absolute atomic E-state index is 13.9. The summed E-state index contributed by atoms with van der Waals surface area (Å²) in [6.45, 7) is 0.624. The van der Waals surface area contributed by atoms with Crippen LogP contribution in [0.5, 0.6) is 0 Å². The number of aromatic nitrogens is 1. The fourth-order valence-corrected chi connectivity index (χ4v) is 4.49. The minimum absolute atomic E-state index is 0.0305. The van der Waals surface area contributed by atoms with Crippen molar-refractivity contribution < 1.29 is 23.5 Å². The number of nitrogens with two attached hydrogens (primary N) is 1. The highest BCUT2D eigenvalue weighted by atomic mass is 32.2. The molecule has 0 unspecified atom stereocenters. The van der Waals surface area contributed by atoms with E-state index in [-0.39, 0.29) is 35.1 Å². The molecule has 1 aliphatic rings. The summed E-state index contributed by atoms with van der Waals surface area (Å²) in [6, 6.07) is 13.6. The summed E-state index contributed by atoms with van der Waals surface area (Å²) in [5.41, 5.74) is 9.11. The third kappa shape index (κ3) is 6.03. The molecule has 4 rings (SSSR count). The van der Waals surface area contributed by atoms with Crippen LogP contribution < -0.4 is 16.4 Å². The second-order valence-electron chi connectivity index (χ2n) is 7.77. The van der Waals surface area contributed by atoms with Gasteiger partial charge in [-0.3, -0.25) is 19.4 Å². The third-order valence-corrected chi connectivity index (χ3v) is 6.63. The van der Waals surface area contributed by atoms with Gasteiger partial charge in [0.15, 0.2) is 5.82 Å². The fourth-order valence-electron chi connectivity index (χ4n) is 3.60. The molecule has 3 aromatic rings. The minimum atomic E-state index is -0.633. The summed E-state index contributed by atoms with van der Waals surface area (Å²) in [4.78, 5) is 40.4. The van der Waals surface area contributed by atoms with Gasteiger partial charge in [-0.1, -0.05) is 18.2 Å². The van der Waals surface area contributed by atoms with E-state index in [4.69, 9.17) is 10.5 Å². The molecule has 180 valence electrons. The Morgan fingerprint density at radius 1 is 1.17 bits per heavy atom. The fraction of sp³-hybridized carbons (Fsp3) is 0.200. The number of hydrogen-bond acceptors (Lipinski definition) is 7. The highest BCUT2D eigenvalue weighted by Crippen LogP contribution is 2.28. The number of nitrogens with zero attached hydrogens (tertiary/aromatic N) is 1. The molecule has 0 bridgehead atoms. The van der Waals surface area contributed by atoms with Crippen molar-refractivity contribution in [2.45, 2.75) is 18.2 Å². The molecule has 1 fully saturated rings. The summed E-state index contributed by atoms with van der Waals surface area (Å²) < 4.78 is 18.8. The van der Waals surface area contributed by atoms with E-state index < -0.39 is 11.7 Å². The molecular formula is C25H23FN4O4S. The first-order valence-electron chi connectivity index (χ1n) is 10.9. The number of benzene rings is 2. The van der Waals surface area contributed by atoms with Crippen molar-refractivity contribution in [2.24, 2.45) is 5.73 Å². The molecule has 0 spiro atoms. The van der Waals surface area contributed by atoms with Gasteiger partial charge in [0, 0.05) is 30.4 Å². The van der Waals surface area contributed by atoms with E-state index >= 15 is 0 Å². The topological polar surface area (TPSA) is 123 Å². The molecule has 1 saturated heterocycles. The van der Waals surface area contributed by atoms with Crippen LogP contribution in [-0.2, 0) is 20.9 Å². The number of pyridine rings is 1. The second-order valence-corrected chi connectivity index (χ2v) is 8.96. The number of carbonyl (C=O) groups excluding carboxylic acids is 3. The molecule has 0 radical (unpaired) electrons. The number of cyclic esters (lactones) is 1. The van der Waals surface area contributed by atoms with Crippen molar-refractivity contribution in [3.8, 4) is 11.1 Å². The first kappa shape index (κ1) is 24.4. The van der Waals surface area contributed by atoms with Crippen LogP contribution in [0.2, 0.25) is 0 Å². The average Bonchev–Trinajstić information content (AvgIpc) is 3.28. The van der Waals surface area contributed by atoms with Crippen LogP contribution in [0.4, 0.5) is 15.8 Å². The van der Waals surface area contributed by atoms with Crippen molar-refractivity contribution in [3.63, 3.8) is 0 Å². The molecule has 4 N–H and O–H groups in total. The van der Waals surface area contributed by atoms with Crippen LogP contribution >= 0.6 is 11.8 Å². The second kappa shape index (κ2) is 11.1. The van der Waals surface area contributed by atoms with Crippen LogP contribution in [0.15, 0.2) is 60.9 Å². The van der Waals surface area contributed by atoms with E-state index in [2.05, 4.69) is 15.6 Å². The number of carbonyl (C=O) groups is 3. The van der Waals surface area contributed by atoms with Crippen molar-refractivity contribution in [1.82, 2.24) is 4.98 Å². The number of hydrogen-bond donors (Lipinski definition) is 3. The first-order chi connectivity index (χ1) is 16.9. The van der Waals surface area contributed by atoms with Crippen molar-refractivity contribution in [2.75, 3.05) is 23.0 Å². The lowest BCUT2D eigenvalue weighted by molar-refractivity contribution is -0.137. The van der Waals surface area contributed by atoms with Gasteiger partial charge < -0.3 is 21.1 Å². The molecule has 1 aromatic heterocycles. The Bertz CT molecular complexity index is 1270. The van der Waals surface area contributed by atoms with Crippen molar-refractivity contribution in [1.29, 1.82) is 0 Å².